The molecule has 8 heteroatoms. The molecule has 3 rings (SSSR count). The fourth-order valence-corrected chi connectivity index (χ4v) is 3.66. The molecule has 2 aromatic carbocycles. The topological polar surface area (TPSA) is 27.1 Å². The predicted octanol–water partition coefficient (Wildman–Crippen LogP) is 6.95. The van der Waals surface area contributed by atoms with E-state index >= 15 is 0 Å². The van der Waals surface area contributed by atoms with Crippen LogP contribution in [-0.4, -0.2) is 21.4 Å². The molecule has 1 heterocycles. The number of imidazole rings is 1. The highest BCUT2D eigenvalue weighted by molar-refractivity contribution is 7.99. The van der Waals surface area contributed by atoms with Gasteiger partial charge in [-0.1, -0.05) is 54.9 Å². The molecule has 0 aliphatic heterocycles. The molecule has 0 fully saturated rings. The molecule has 1 aromatic heterocycles. The van der Waals surface area contributed by atoms with Gasteiger partial charge in [-0.05, 0) is 36.4 Å². The van der Waals surface area contributed by atoms with Crippen molar-refractivity contribution < 1.29 is 13.5 Å². The van der Waals surface area contributed by atoms with Crippen LogP contribution in [0.3, 0.4) is 0 Å². The van der Waals surface area contributed by atoms with Crippen molar-refractivity contribution in [1.82, 2.24) is 9.55 Å². The van der Waals surface area contributed by atoms with Crippen LogP contribution in [0.25, 0.3) is 16.9 Å². The molecule has 0 radical (unpaired) electrons. The minimum Gasteiger partial charge on any atom is -0.435 e. The van der Waals surface area contributed by atoms with E-state index < -0.39 is 6.61 Å². The van der Waals surface area contributed by atoms with Crippen molar-refractivity contribution in [3.8, 4) is 22.7 Å². The van der Waals surface area contributed by atoms with E-state index in [0.717, 1.165) is 22.1 Å². The van der Waals surface area contributed by atoms with Gasteiger partial charge in [0.15, 0.2) is 5.16 Å². The Kier molecular flexibility index (Phi) is 6.29. The van der Waals surface area contributed by atoms with Crippen molar-refractivity contribution in [2.24, 2.45) is 0 Å². The first-order valence-electron chi connectivity index (χ1n) is 8.10. The van der Waals surface area contributed by atoms with Crippen LogP contribution in [-0.2, 0) is 0 Å². The highest BCUT2D eigenvalue weighted by Gasteiger charge is 2.16. The van der Waals surface area contributed by atoms with Crippen molar-refractivity contribution in [3.05, 3.63) is 58.7 Å². The van der Waals surface area contributed by atoms with Gasteiger partial charge in [0.2, 0.25) is 0 Å². The number of aromatic nitrogens is 2. The highest BCUT2D eigenvalue weighted by atomic mass is 35.5. The molecule has 0 atom stereocenters. The fourth-order valence-electron chi connectivity index (χ4n) is 2.51. The predicted molar refractivity (Wildman–Crippen MR) is 107 cm³/mol. The lowest BCUT2D eigenvalue weighted by Crippen LogP contribution is -2.03. The number of nitrogens with zero attached hydrogens (tertiary/aromatic N) is 2. The molecule has 0 aliphatic rings. The number of hydrogen-bond acceptors (Lipinski definition) is 3. The Hall–Kier alpha value is -1.76. The van der Waals surface area contributed by atoms with Crippen LogP contribution in [0, 0.1) is 0 Å². The second kappa shape index (κ2) is 8.50. The molecule has 0 amide bonds. The van der Waals surface area contributed by atoms with Crippen molar-refractivity contribution in [2.45, 2.75) is 30.9 Å². The van der Waals surface area contributed by atoms with Crippen LogP contribution in [0.15, 0.2) is 53.8 Å². The fraction of sp³-hybridized carbons (Fsp3) is 0.211. The number of benzene rings is 2. The molecule has 0 aliphatic carbocycles. The first kappa shape index (κ1) is 20.0. The molecule has 3 aromatic rings. The van der Waals surface area contributed by atoms with Gasteiger partial charge in [-0.2, -0.15) is 8.78 Å². The van der Waals surface area contributed by atoms with Gasteiger partial charge in [0.1, 0.15) is 5.75 Å². The molecule has 27 heavy (non-hydrogen) atoms. The third kappa shape index (κ3) is 4.75. The van der Waals surface area contributed by atoms with Gasteiger partial charge in [0, 0.05) is 16.5 Å². The summed E-state index contributed by atoms with van der Waals surface area (Å²) in [5.41, 5.74) is 2.44. The Bertz CT molecular complexity index is 930. The Labute approximate surface area is 170 Å². The van der Waals surface area contributed by atoms with Gasteiger partial charge in [0.25, 0.3) is 0 Å². The first-order valence-corrected chi connectivity index (χ1v) is 9.74. The molecule has 0 N–H and O–H groups in total. The number of thioether (sulfide) groups is 1. The quantitative estimate of drug-likeness (QED) is 0.397. The minimum absolute atomic E-state index is 0.100. The maximum absolute atomic E-state index is 12.4. The monoisotopic (exact) mass is 428 g/mol. The number of ether oxygens (including phenoxy) is 1. The summed E-state index contributed by atoms with van der Waals surface area (Å²) in [4.78, 5) is 4.53. The van der Waals surface area contributed by atoms with Crippen LogP contribution in [0.1, 0.15) is 13.8 Å². The second-order valence-corrected chi connectivity index (χ2v) is 8.29. The van der Waals surface area contributed by atoms with E-state index in [1.54, 1.807) is 42.2 Å². The molecule has 0 unspecified atom stereocenters. The number of halogens is 4. The van der Waals surface area contributed by atoms with E-state index in [-0.39, 0.29) is 5.75 Å². The van der Waals surface area contributed by atoms with E-state index in [9.17, 15) is 8.78 Å². The van der Waals surface area contributed by atoms with Crippen molar-refractivity contribution >= 4 is 35.0 Å². The minimum atomic E-state index is -2.86. The van der Waals surface area contributed by atoms with Gasteiger partial charge < -0.3 is 4.74 Å². The SMILES string of the molecule is CC(C)Sc1ncc(-c2ccc(Cl)c(Cl)c2)n1-c1ccc(OC(F)F)cc1. The lowest BCUT2D eigenvalue weighted by atomic mass is 10.1. The van der Waals surface area contributed by atoms with E-state index in [2.05, 4.69) is 23.6 Å². The van der Waals surface area contributed by atoms with Gasteiger partial charge in [-0.3, -0.25) is 4.57 Å². The summed E-state index contributed by atoms with van der Waals surface area (Å²) >= 11 is 13.8. The van der Waals surface area contributed by atoms with Gasteiger partial charge in [0.05, 0.1) is 21.9 Å². The Morgan fingerprint density at radius 1 is 1.04 bits per heavy atom. The molecular weight excluding hydrogens is 413 g/mol. The zero-order valence-electron chi connectivity index (χ0n) is 14.5. The summed E-state index contributed by atoms with van der Waals surface area (Å²) in [5, 5.41) is 2.01. The van der Waals surface area contributed by atoms with E-state index in [4.69, 9.17) is 23.2 Å². The average molecular weight is 429 g/mol. The molecule has 0 saturated heterocycles. The number of hydrogen-bond donors (Lipinski definition) is 0. The Balaban J connectivity index is 2.08. The molecule has 3 nitrogen and oxygen atoms in total. The normalized spacial score (nSPS) is 11.4. The zero-order chi connectivity index (χ0) is 19.6. The van der Waals surface area contributed by atoms with E-state index in [1.807, 2.05) is 10.6 Å². The van der Waals surface area contributed by atoms with Gasteiger partial charge >= 0.3 is 6.61 Å². The summed E-state index contributed by atoms with van der Waals surface area (Å²) in [6.45, 7) is 1.28. The molecule has 0 saturated carbocycles. The second-order valence-electron chi connectivity index (χ2n) is 5.93. The Morgan fingerprint density at radius 3 is 2.33 bits per heavy atom. The van der Waals surface area contributed by atoms with Gasteiger partial charge in [-0.15, -0.1) is 0 Å². The highest BCUT2D eigenvalue weighted by Crippen LogP contribution is 2.34. The molecule has 0 bridgehead atoms. The van der Waals surface area contributed by atoms with Crippen LogP contribution in [0.5, 0.6) is 5.75 Å². The number of alkyl halides is 2. The van der Waals surface area contributed by atoms with E-state index in [0.29, 0.717) is 15.3 Å². The first-order chi connectivity index (χ1) is 12.8. The summed E-state index contributed by atoms with van der Waals surface area (Å²) < 4.78 is 31.2. The van der Waals surface area contributed by atoms with Crippen LogP contribution in [0.2, 0.25) is 10.0 Å². The van der Waals surface area contributed by atoms with Crippen molar-refractivity contribution in [1.29, 1.82) is 0 Å². The maximum Gasteiger partial charge on any atom is 0.387 e. The smallest absolute Gasteiger partial charge is 0.387 e. The average Bonchev–Trinajstić information content (AvgIpc) is 3.00. The standard InChI is InChI=1S/C19H16Cl2F2N2OS/c1-11(2)27-19-24-10-17(12-3-8-15(20)16(21)9-12)25(19)13-4-6-14(7-5-13)26-18(22)23/h3-11,18H,1-2H3. The lowest BCUT2D eigenvalue weighted by Gasteiger charge is -2.14. The van der Waals surface area contributed by atoms with Crippen molar-refractivity contribution in [2.75, 3.05) is 0 Å². The number of rotatable bonds is 6. The third-order valence-corrected chi connectivity index (χ3v) is 5.32. The van der Waals surface area contributed by atoms with Gasteiger partial charge in [-0.25, -0.2) is 4.98 Å². The molecular formula is C19H16Cl2F2N2OS. The van der Waals surface area contributed by atoms with Crippen molar-refractivity contribution in [3.63, 3.8) is 0 Å². The molecule has 0 spiro atoms. The largest absolute Gasteiger partial charge is 0.435 e. The summed E-state index contributed by atoms with van der Waals surface area (Å²) in [7, 11) is 0. The Morgan fingerprint density at radius 2 is 1.74 bits per heavy atom. The maximum atomic E-state index is 12.4. The summed E-state index contributed by atoms with van der Waals surface area (Å²) in [6, 6.07) is 11.8. The lowest BCUT2D eigenvalue weighted by molar-refractivity contribution is -0.0498. The summed E-state index contributed by atoms with van der Waals surface area (Å²) in [6.07, 6.45) is 1.76. The van der Waals surface area contributed by atoms with Crippen LogP contribution in [0.4, 0.5) is 8.78 Å². The molecule has 142 valence electrons. The summed E-state index contributed by atoms with van der Waals surface area (Å²) in [5.74, 6) is 0.100. The van der Waals surface area contributed by atoms with Crippen LogP contribution >= 0.6 is 35.0 Å². The van der Waals surface area contributed by atoms with E-state index in [1.165, 1.54) is 12.1 Å². The van der Waals surface area contributed by atoms with Crippen LogP contribution < -0.4 is 4.74 Å². The zero-order valence-corrected chi connectivity index (χ0v) is 16.8. The third-order valence-electron chi connectivity index (χ3n) is 3.61.